The lowest BCUT2D eigenvalue weighted by Gasteiger charge is -2.20. The van der Waals surface area contributed by atoms with Gasteiger partial charge in [0.05, 0.1) is 0 Å². The van der Waals surface area contributed by atoms with Crippen LogP contribution in [-0.4, -0.2) is 43.3 Å². The molecule has 0 spiro atoms. The maximum absolute atomic E-state index is 11.7. The van der Waals surface area contributed by atoms with Gasteiger partial charge in [-0.3, -0.25) is 9.79 Å². The highest BCUT2D eigenvalue weighted by molar-refractivity contribution is 5.80. The first-order chi connectivity index (χ1) is 13.3. The van der Waals surface area contributed by atoms with Gasteiger partial charge < -0.3 is 20.1 Å². The molecule has 1 aliphatic heterocycles. The highest BCUT2D eigenvalue weighted by Gasteiger charge is 2.23. The van der Waals surface area contributed by atoms with Gasteiger partial charge >= 0.3 is 0 Å². The Bertz CT molecular complexity index is 786. The first-order valence-electron chi connectivity index (χ1n) is 9.69. The van der Waals surface area contributed by atoms with Crippen molar-refractivity contribution in [2.75, 3.05) is 31.6 Å². The van der Waals surface area contributed by atoms with Crippen LogP contribution in [0.25, 0.3) is 0 Å². The van der Waals surface area contributed by atoms with Crippen LogP contribution in [0.4, 0.5) is 5.69 Å². The van der Waals surface area contributed by atoms with E-state index in [2.05, 4.69) is 50.9 Å². The molecule has 0 bridgehead atoms. The first kappa shape index (κ1) is 19.0. The molecule has 0 aliphatic carbocycles. The highest BCUT2D eigenvalue weighted by Crippen LogP contribution is 2.19. The van der Waals surface area contributed by atoms with Gasteiger partial charge in [0.2, 0.25) is 5.56 Å². The fraction of sp³-hybridized carbons (Fsp3) is 0.429. The van der Waals surface area contributed by atoms with Gasteiger partial charge in [-0.25, -0.2) is 0 Å². The fourth-order valence-electron chi connectivity index (χ4n) is 3.40. The molecule has 1 aromatic heterocycles. The molecule has 144 valence electrons. The number of guanidine groups is 1. The van der Waals surface area contributed by atoms with Crippen LogP contribution >= 0.6 is 0 Å². The van der Waals surface area contributed by atoms with E-state index >= 15 is 0 Å². The molecule has 2 heterocycles. The number of hydrogen-bond acceptors (Lipinski definition) is 3. The van der Waals surface area contributed by atoms with Crippen molar-refractivity contribution in [2.24, 2.45) is 4.99 Å². The first-order valence-corrected chi connectivity index (χ1v) is 9.69. The van der Waals surface area contributed by atoms with E-state index in [1.165, 1.54) is 5.69 Å². The van der Waals surface area contributed by atoms with E-state index in [9.17, 15) is 4.79 Å². The Morgan fingerprint density at radius 3 is 2.74 bits per heavy atom. The van der Waals surface area contributed by atoms with Crippen molar-refractivity contribution >= 4 is 11.6 Å². The monoisotopic (exact) mass is 367 g/mol. The van der Waals surface area contributed by atoms with Crippen molar-refractivity contribution in [2.45, 2.75) is 31.8 Å². The van der Waals surface area contributed by atoms with E-state index in [-0.39, 0.29) is 5.56 Å². The molecule has 27 heavy (non-hydrogen) atoms. The summed E-state index contributed by atoms with van der Waals surface area (Å²) >= 11 is 0. The third-order valence-corrected chi connectivity index (χ3v) is 4.89. The van der Waals surface area contributed by atoms with E-state index < -0.39 is 0 Å². The van der Waals surface area contributed by atoms with Crippen molar-refractivity contribution in [1.29, 1.82) is 0 Å². The standard InChI is InChI=1S/C21H29N5O/c1-22-21(23-13-6-8-15-25-14-7-5-11-20(25)27)24-18-12-16-26(17-18)19-9-3-2-4-10-19/h2-5,7,9-11,14,18H,6,8,12-13,15-17H2,1H3,(H2,22,23,24). The van der Waals surface area contributed by atoms with Crippen molar-refractivity contribution in [3.05, 3.63) is 65.1 Å². The predicted octanol–water partition coefficient (Wildman–Crippen LogP) is 2.07. The molecular weight excluding hydrogens is 338 g/mol. The Kier molecular flexibility index (Phi) is 6.90. The lowest BCUT2D eigenvalue weighted by atomic mass is 10.2. The normalized spacial score (nSPS) is 17.1. The zero-order valence-electron chi connectivity index (χ0n) is 16.0. The number of aromatic nitrogens is 1. The molecule has 1 aromatic carbocycles. The summed E-state index contributed by atoms with van der Waals surface area (Å²) in [5.74, 6) is 0.854. The molecule has 1 saturated heterocycles. The van der Waals surface area contributed by atoms with Gasteiger partial charge in [0, 0.05) is 57.2 Å². The summed E-state index contributed by atoms with van der Waals surface area (Å²) in [5, 5.41) is 6.91. The third-order valence-electron chi connectivity index (χ3n) is 4.89. The number of nitrogens with one attached hydrogen (secondary N) is 2. The molecule has 1 atom stereocenters. The molecule has 3 rings (SSSR count). The topological polar surface area (TPSA) is 61.7 Å². The van der Waals surface area contributed by atoms with Crippen LogP contribution < -0.4 is 21.1 Å². The SMILES string of the molecule is CN=C(NCCCCn1ccccc1=O)NC1CCN(c2ccccc2)C1. The molecule has 0 saturated carbocycles. The Balaban J connectivity index is 1.36. The van der Waals surface area contributed by atoms with Gasteiger partial charge in [0.1, 0.15) is 0 Å². The van der Waals surface area contributed by atoms with Crippen LogP contribution in [0.2, 0.25) is 0 Å². The van der Waals surface area contributed by atoms with E-state index in [1.807, 2.05) is 19.3 Å². The minimum atomic E-state index is 0.0622. The average molecular weight is 367 g/mol. The van der Waals surface area contributed by atoms with Gasteiger partial charge in [-0.1, -0.05) is 24.3 Å². The molecule has 0 amide bonds. The second-order valence-corrected chi connectivity index (χ2v) is 6.85. The van der Waals surface area contributed by atoms with Crippen LogP contribution in [0.1, 0.15) is 19.3 Å². The Labute approximate surface area is 160 Å². The zero-order chi connectivity index (χ0) is 18.9. The Morgan fingerprint density at radius 1 is 1.15 bits per heavy atom. The van der Waals surface area contributed by atoms with Gasteiger partial charge in [-0.05, 0) is 37.5 Å². The predicted molar refractivity (Wildman–Crippen MR) is 111 cm³/mol. The van der Waals surface area contributed by atoms with E-state index in [0.29, 0.717) is 6.04 Å². The average Bonchev–Trinajstić information content (AvgIpc) is 3.17. The Hall–Kier alpha value is -2.76. The molecule has 1 aliphatic rings. The van der Waals surface area contributed by atoms with Crippen LogP contribution in [0, 0.1) is 0 Å². The zero-order valence-corrected chi connectivity index (χ0v) is 16.0. The number of hydrogen-bond donors (Lipinski definition) is 2. The summed E-state index contributed by atoms with van der Waals surface area (Å²) in [6.45, 7) is 3.64. The third kappa shape index (κ3) is 5.61. The van der Waals surface area contributed by atoms with E-state index in [1.54, 1.807) is 16.7 Å². The second kappa shape index (κ2) is 9.80. The number of unbranched alkanes of at least 4 members (excludes halogenated alkanes) is 1. The number of rotatable bonds is 7. The quantitative estimate of drug-likeness (QED) is 0.447. The largest absolute Gasteiger partial charge is 0.369 e. The summed E-state index contributed by atoms with van der Waals surface area (Å²) in [4.78, 5) is 18.4. The van der Waals surface area contributed by atoms with Crippen LogP contribution in [0.5, 0.6) is 0 Å². The van der Waals surface area contributed by atoms with Crippen LogP contribution in [0.15, 0.2) is 64.5 Å². The van der Waals surface area contributed by atoms with Gasteiger partial charge in [0.25, 0.3) is 0 Å². The molecular formula is C21H29N5O. The van der Waals surface area contributed by atoms with Crippen molar-refractivity contribution in [3.8, 4) is 0 Å². The molecule has 0 radical (unpaired) electrons. The summed E-state index contributed by atoms with van der Waals surface area (Å²) in [5.41, 5.74) is 1.34. The number of nitrogens with zero attached hydrogens (tertiary/aromatic N) is 3. The summed E-state index contributed by atoms with van der Waals surface area (Å²) in [7, 11) is 1.81. The van der Waals surface area contributed by atoms with E-state index in [4.69, 9.17) is 0 Å². The van der Waals surface area contributed by atoms with Crippen molar-refractivity contribution in [1.82, 2.24) is 15.2 Å². The van der Waals surface area contributed by atoms with Crippen LogP contribution in [0.3, 0.4) is 0 Å². The number of anilines is 1. The van der Waals surface area contributed by atoms with Gasteiger partial charge in [0.15, 0.2) is 5.96 Å². The summed E-state index contributed by atoms with van der Waals surface area (Å²) in [6, 6.07) is 16.2. The maximum Gasteiger partial charge on any atom is 0.250 e. The summed E-state index contributed by atoms with van der Waals surface area (Å²) in [6.07, 6.45) is 4.89. The fourth-order valence-corrected chi connectivity index (χ4v) is 3.40. The molecule has 1 fully saturated rings. The van der Waals surface area contributed by atoms with Crippen molar-refractivity contribution in [3.63, 3.8) is 0 Å². The number of pyridine rings is 1. The number of para-hydroxylation sites is 1. The molecule has 2 aromatic rings. The Morgan fingerprint density at radius 2 is 1.96 bits per heavy atom. The van der Waals surface area contributed by atoms with Crippen molar-refractivity contribution < 1.29 is 0 Å². The second-order valence-electron chi connectivity index (χ2n) is 6.85. The van der Waals surface area contributed by atoms with Crippen LogP contribution in [-0.2, 0) is 6.54 Å². The minimum absolute atomic E-state index is 0.0622. The lowest BCUT2D eigenvalue weighted by Crippen LogP contribution is -2.44. The molecule has 6 heteroatoms. The number of aryl methyl sites for hydroxylation is 1. The molecule has 2 N–H and O–H groups in total. The number of aliphatic imine (C=N–C) groups is 1. The number of benzene rings is 1. The van der Waals surface area contributed by atoms with Gasteiger partial charge in [-0.15, -0.1) is 0 Å². The van der Waals surface area contributed by atoms with Gasteiger partial charge in [-0.2, -0.15) is 0 Å². The highest BCUT2D eigenvalue weighted by atomic mass is 16.1. The maximum atomic E-state index is 11.7. The van der Waals surface area contributed by atoms with E-state index in [0.717, 1.165) is 51.4 Å². The minimum Gasteiger partial charge on any atom is -0.369 e. The smallest absolute Gasteiger partial charge is 0.250 e. The summed E-state index contributed by atoms with van der Waals surface area (Å²) < 4.78 is 1.75. The lowest BCUT2D eigenvalue weighted by molar-refractivity contribution is 0.580. The molecule has 6 nitrogen and oxygen atoms in total. The molecule has 1 unspecified atom stereocenters.